The van der Waals surface area contributed by atoms with Crippen molar-refractivity contribution in [3.05, 3.63) is 64.1 Å². The Labute approximate surface area is 151 Å². The van der Waals surface area contributed by atoms with E-state index in [0.29, 0.717) is 18.3 Å². The smallest absolute Gasteiger partial charge is 0.183 e. The van der Waals surface area contributed by atoms with Crippen molar-refractivity contribution < 1.29 is 5.11 Å². The van der Waals surface area contributed by atoms with Gasteiger partial charge in [-0.05, 0) is 18.4 Å². The van der Waals surface area contributed by atoms with Crippen LogP contribution in [0.2, 0.25) is 0 Å². The third-order valence-electron chi connectivity index (χ3n) is 4.82. The first-order valence-corrected chi connectivity index (χ1v) is 9.81. The van der Waals surface area contributed by atoms with Crippen LogP contribution in [-0.4, -0.2) is 24.9 Å². The van der Waals surface area contributed by atoms with Crippen molar-refractivity contribution in [2.24, 2.45) is 0 Å². The van der Waals surface area contributed by atoms with E-state index in [0.717, 1.165) is 29.9 Å². The highest BCUT2D eigenvalue weighted by Crippen LogP contribution is 2.30. The molecule has 4 rings (SSSR count). The second-order valence-electron chi connectivity index (χ2n) is 6.59. The number of hydrogen-bond acceptors (Lipinski definition) is 5. The van der Waals surface area contributed by atoms with Gasteiger partial charge in [0.05, 0.1) is 23.7 Å². The van der Waals surface area contributed by atoms with E-state index in [-0.39, 0.29) is 0 Å². The molecule has 5 nitrogen and oxygen atoms in total. The van der Waals surface area contributed by atoms with Gasteiger partial charge in [-0.3, -0.25) is 0 Å². The molecule has 0 saturated heterocycles. The summed E-state index contributed by atoms with van der Waals surface area (Å²) >= 11 is 1.59. The molecule has 0 unspecified atom stereocenters. The summed E-state index contributed by atoms with van der Waals surface area (Å²) in [5, 5.41) is 17.5. The highest BCUT2D eigenvalue weighted by atomic mass is 32.1. The van der Waals surface area contributed by atoms with Gasteiger partial charge in [0.2, 0.25) is 0 Å². The van der Waals surface area contributed by atoms with Crippen LogP contribution >= 0.6 is 11.3 Å². The van der Waals surface area contributed by atoms with Gasteiger partial charge in [-0.15, -0.1) is 11.3 Å². The molecule has 1 aromatic carbocycles. The minimum absolute atomic E-state index is 0.381. The third kappa shape index (κ3) is 3.65. The van der Waals surface area contributed by atoms with E-state index >= 15 is 0 Å². The van der Waals surface area contributed by atoms with Crippen LogP contribution in [0.5, 0.6) is 0 Å². The number of nitrogens with zero attached hydrogens (tertiary/aromatic N) is 4. The fourth-order valence-corrected chi connectivity index (χ4v) is 4.06. The van der Waals surface area contributed by atoms with E-state index in [1.165, 1.54) is 19.3 Å². The van der Waals surface area contributed by atoms with E-state index < -0.39 is 6.10 Å². The van der Waals surface area contributed by atoms with Crippen LogP contribution in [0, 0.1) is 0 Å². The van der Waals surface area contributed by atoms with Gasteiger partial charge in [0.15, 0.2) is 5.82 Å². The lowest BCUT2D eigenvalue weighted by Gasteiger charge is -2.23. The molecule has 1 fully saturated rings. The highest BCUT2D eigenvalue weighted by Gasteiger charge is 2.24. The summed E-state index contributed by atoms with van der Waals surface area (Å²) in [7, 11) is 0. The lowest BCUT2D eigenvalue weighted by atomic mass is 9.95. The van der Waals surface area contributed by atoms with Crippen LogP contribution in [0.15, 0.2) is 41.2 Å². The molecule has 0 aliphatic heterocycles. The van der Waals surface area contributed by atoms with Crippen LogP contribution in [0.1, 0.15) is 67.2 Å². The number of thiazole rings is 1. The standard InChI is InChI=1S/C19H22N4OS/c24-18(14-7-3-1-4-8-14)19-21-17(11-15-12-25-13-20-15)23(22-19)16-9-5-2-6-10-16/h1,3-4,7-8,12-13,16,18,24H,2,5-6,9-11H2/t18-/m1/s1. The molecule has 0 spiro atoms. The lowest BCUT2D eigenvalue weighted by Crippen LogP contribution is -2.17. The summed E-state index contributed by atoms with van der Waals surface area (Å²) in [5.41, 5.74) is 3.68. The highest BCUT2D eigenvalue weighted by molar-refractivity contribution is 7.07. The van der Waals surface area contributed by atoms with E-state index in [1.807, 2.05) is 41.2 Å². The fraction of sp³-hybridized carbons (Fsp3) is 0.421. The predicted octanol–water partition coefficient (Wildman–Crippen LogP) is 3.91. The van der Waals surface area contributed by atoms with Gasteiger partial charge >= 0.3 is 0 Å². The Balaban J connectivity index is 1.67. The van der Waals surface area contributed by atoms with Gasteiger partial charge < -0.3 is 5.11 Å². The molecule has 1 aliphatic rings. The molecule has 2 aromatic heterocycles. The first-order valence-electron chi connectivity index (χ1n) is 8.86. The summed E-state index contributed by atoms with van der Waals surface area (Å²) in [4.78, 5) is 9.09. The van der Waals surface area contributed by atoms with Crippen molar-refractivity contribution in [3.63, 3.8) is 0 Å². The predicted molar refractivity (Wildman–Crippen MR) is 97.6 cm³/mol. The van der Waals surface area contributed by atoms with E-state index in [2.05, 4.69) is 9.67 Å². The molecule has 2 heterocycles. The molecule has 25 heavy (non-hydrogen) atoms. The van der Waals surface area contributed by atoms with Crippen LogP contribution in [0.4, 0.5) is 0 Å². The molecule has 130 valence electrons. The van der Waals surface area contributed by atoms with E-state index in [1.54, 1.807) is 11.3 Å². The Hall–Kier alpha value is -2.05. The minimum atomic E-state index is -0.791. The van der Waals surface area contributed by atoms with Crippen LogP contribution in [0.25, 0.3) is 0 Å². The largest absolute Gasteiger partial charge is 0.380 e. The molecular formula is C19H22N4OS. The summed E-state index contributed by atoms with van der Waals surface area (Å²) in [5.74, 6) is 1.39. The molecule has 0 amide bonds. The third-order valence-corrected chi connectivity index (χ3v) is 5.46. The van der Waals surface area contributed by atoms with Crippen molar-refractivity contribution in [1.82, 2.24) is 19.7 Å². The minimum Gasteiger partial charge on any atom is -0.380 e. The molecule has 1 atom stereocenters. The Kier molecular flexibility index (Phi) is 4.90. The van der Waals surface area contributed by atoms with Crippen LogP contribution < -0.4 is 0 Å². The molecule has 0 bridgehead atoms. The van der Waals surface area contributed by atoms with E-state index in [9.17, 15) is 5.11 Å². The zero-order valence-electron chi connectivity index (χ0n) is 14.1. The molecule has 1 saturated carbocycles. The van der Waals surface area contributed by atoms with Crippen molar-refractivity contribution in [3.8, 4) is 0 Å². The second-order valence-corrected chi connectivity index (χ2v) is 7.31. The second kappa shape index (κ2) is 7.45. The van der Waals surface area contributed by atoms with Crippen LogP contribution in [-0.2, 0) is 6.42 Å². The van der Waals surface area contributed by atoms with Crippen molar-refractivity contribution in [1.29, 1.82) is 0 Å². The average molecular weight is 354 g/mol. The maximum absolute atomic E-state index is 10.7. The summed E-state index contributed by atoms with van der Waals surface area (Å²) < 4.78 is 2.06. The fourth-order valence-electron chi connectivity index (χ4n) is 3.50. The molecule has 3 aromatic rings. The Morgan fingerprint density at radius 3 is 2.68 bits per heavy atom. The molecule has 0 radical (unpaired) electrons. The van der Waals surface area contributed by atoms with Crippen molar-refractivity contribution in [2.75, 3.05) is 0 Å². The number of aliphatic hydroxyl groups is 1. The SMILES string of the molecule is O[C@H](c1ccccc1)c1nc(Cc2cscn2)n(C2CCCCC2)n1. The molecule has 1 aliphatic carbocycles. The van der Waals surface area contributed by atoms with Gasteiger partial charge in [0.1, 0.15) is 11.9 Å². The number of rotatable bonds is 5. The van der Waals surface area contributed by atoms with Crippen molar-refractivity contribution >= 4 is 11.3 Å². The number of aromatic nitrogens is 4. The number of aliphatic hydroxyl groups excluding tert-OH is 1. The summed E-state index contributed by atoms with van der Waals surface area (Å²) in [6.07, 6.45) is 5.90. The Bertz CT molecular complexity index is 794. The van der Waals surface area contributed by atoms with Gasteiger partial charge in [-0.1, -0.05) is 49.6 Å². The topological polar surface area (TPSA) is 63.8 Å². The van der Waals surface area contributed by atoms with E-state index in [4.69, 9.17) is 10.1 Å². The Morgan fingerprint density at radius 1 is 1.16 bits per heavy atom. The van der Waals surface area contributed by atoms with Gasteiger partial charge in [0.25, 0.3) is 0 Å². The summed E-state index contributed by atoms with van der Waals surface area (Å²) in [6.45, 7) is 0. The maximum atomic E-state index is 10.7. The van der Waals surface area contributed by atoms with Gasteiger partial charge in [-0.2, -0.15) is 5.10 Å². The van der Waals surface area contributed by atoms with Gasteiger partial charge in [-0.25, -0.2) is 14.6 Å². The number of hydrogen-bond donors (Lipinski definition) is 1. The first kappa shape index (κ1) is 16.4. The molecule has 6 heteroatoms. The summed E-state index contributed by atoms with van der Waals surface area (Å²) in [6, 6.07) is 9.99. The lowest BCUT2D eigenvalue weighted by molar-refractivity contribution is 0.208. The number of benzene rings is 1. The van der Waals surface area contributed by atoms with Gasteiger partial charge in [0, 0.05) is 5.38 Å². The normalized spacial score (nSPS) is 16.8. The maximum Gasteiger partial charge on any atom is 0.183 e. The first-order chi connectivity index (χ1) is 12.3. The van der Waals surface area contributed by atoms with Crippen molar-refractivity contribution in [2.45, 2.75) is 50.7 Å². The zero-order valence-corrected chi connectivity index (χ0v) is 14.9. The average Bonchev–Trinajstić information content (AvgIpc) is 3.33. The molecule has 1 N–H and O–H groups in total. The zero-order chi connectivity index (χ0) is 17.1. The Morgan fingerprint density at radius 2 is 1.96 bits per heavy atom. The monoisotopic (exact) mass is 354 g/mol. The van der Waals surface area contributed by atoms with Crippen LogP contribution in [0.3, 0.4) is 0 Å². The quantitative estimate of drug-likeness (QED) is 0.754. The molecular weight excluding hydrogens is 332 g/mol.